The van der Waals surface area contributed by atoms with Gasteiger partial charge in [0.2, 0.25) is 5.91 Å². The van der Waals surface area contributed by atoms with E-state index < -0.39 is 23.6 Å². The smallest absolute Gasteiger partial charge is 0.356 e. The van der Waals surface area contributed by atoms with Crippen LogP contribution in [-0.4, -0.2) is 36.3 Å². The normalized spacial score (nSPS) is 18.8. The Morgan fingerprint density at radius 1 is 1.10 bits per heavy atom. The third-order valence-electron chi connectivity index (χ3n) is 5.71. The molecule has 0 radical (unpaired) electrons. The summed E-state index contributed by atoms with van der Waals surface area (Å²) in [5, 5.41) is 2.88. The van der Waals surface area contributed by atoms with Crippen LogP contribution in [0.3, 0.4) is 0 Å². The first kappa shape index (κ1) is 22.8. The van der Waals surface area contributed by atoms with E-state index in [1.54, 1.807) is 23.1 Å². The van der Waals surface area contributed by atoms with Gasteiger partial charge in [-0.15, -0.1) is 0 Å². The summed E-state index contributed by atoms with van der Waals surface area (Å²) < 4.78 is 39.7. The number of alkyl halides is 3. The Bertz CT molecular complexity index is 925. The molecule has 0 aliphatic carbocycles. The second-order valence-corrected chi connectivity index (χ2v) is 8.06. The van der Waals surface area contributed by atoms with Crippen molar-refractivity contribution in [1.29, 1.82) is 0 Å². The molecule has 2 aromatic rings. The minimum Gasteiger partial charge on any atom is -0.356 e. The average molecular weight is 432 g/mol. The first-order valence-electron chi connectivity index (χ1n) is 10.5. The van der Waals surface area contributed by atoms with Gasteiger partial charge in [0.1, 0.15) is 0 Å². The largest absolute Gasteiger partial charge is 0.416 e. The fraction of sp³-hybridized carbons (Fsp3) is 0.417. The third kappa shape index (κ3) is 5.46. The molecule has 7 heteroatoms. The van der Waals surface area contributed by atoms with Crippen LogP contribution in [-0.2, 0) is 11.0 Å². The second kappa shape index (κ2) is 9.54. The minimum absolute atomic E-state index is 0.172. The van der Waals surface area contributed by atoms with Crippen molar-refractivity contribution >= 4 is 11.8 Å². The summed E-state index contributed by atoms with van der Waals surface area (Å²) in [7, 11) is 0. The SMILES string of the molecule is CCCCNC(=O)[C@H]1CN(C(=O)c2ccc(C)cc2)C[C@H]1c1cccc(C(F)(F)F)c1. The molecule has 31 heavy (non-hydrogen) atoms. The van der Waals surface area contributed by atoms with Crippen LogP contribution in [0.15, 0.2) is 48.5 Å². The monoisotopic (exact) mass is 432 g/mol. The molecule has 0 aromatic heterocycles. The van der Waals surface area contributed by atoms with Crippen molar-refractivity contribution < 1.29 is 22.8 Å². The van der Waals surface area contributed by atoms with Gasteiger partial charge in [-0.3, -0.25) is 9.59 Å². The number of amides is 2. The Morgan fingerprint density at radius 2 is 1.81 bits per heavy atom. The van der Waals surface area contributed by atoms with Gasteiger partial charge in [0, 0.05) is 31.1 Å². The number of benzene rings is 2. The van der Waals surface area contributed by atoms with Crippen molar-refractivity contribution in [1.82, 2.24) is 10.2 Å². The van der Waals surface area contributed by atoms with Crippen molar-refractivity contribution in [2.75, 3.05) is 19.6 Å². The summed E-state index contributed by atoms with van der Waals surface area (Å²) in [6, 6.07) is 12.2. The van der Waals surface area contributed by atoms with E-state index >= 15 is 0 Å². The van der Waals surface area contributed by atoms with E-state index in [0.717, 1.165) is 30.5 Å². The quantitative estimate of drug-likeness (QED) is 0.668. The Balaban J connectivity index is 1.88. The van der Waals surface area contributed by atoms with Gasteiger partial charge in [-0.05, 0) is 37.1 Å². The molecular formula is C24H27F3N2O2. The van der Waals surface area contributed by atoms with Gasteiger partial charge in [-0.1, -0.05) is 49.2 Å². The number of nitrogens with one attached hydrogen (secondary N) is 1. The van der Waals surface area contributed by atoms with Crippen molar-refractivity contribution in [2.24, 2.45) is 5.92 Å². The molecule has 1 aliphatic rings. The maximum absolute atomic E-state index is 13.2. The molecule has 4 nitrogen and oxygen atoms in total. The highest BCUT2D eigenvalue weighted by Gasteiger charge is 2.41. The minimum atomic E-state index is -4.47. The fourth-order valence-corrected chi connectivity index (χ4v) is 3.92. The average Bonchev–Trinajstić information content (AvgIpc) is 3.19. The first-order valence-corrected chi connectivity index (χ1v) is 10.5. The van der Waals surface area contributed by atoms with E-state index in [0.29, 0.717) is 17.7 Å². The summed E-state index contributed by atoms with van der Waals surface area (Å²) in [5.41, 5.74) is 1.19. The summed E-state index contributed by atoms with van der Waals surface area (Å²) >= 11 is 0. The highest BCUT2D eigenvalue weighted by Crippen LogP contribution is 2.37. The van der Waals surface area contributed by atoms with Crippen LogP contribution in [0.25, 0.3) is 0 Å². The zero-order chi connectivity index (χ0) is 22.6. The number of halogens is 3. The molecule has 1 saturated heterocycles. The molecule has 2 atom stereocenters. The summed E-state index contributed by atoms with van der Waals surface area (Å²) in [5.74, 6) is -1.55. The van der Waals surface area contributed by atoms with Gasteiger partial charge in [-0.25, -0.2) is 0 Å². The fourth-order valence-electron chi connectivity index (χ4n) is 3.92. The van der Waals surface area contributed by atoms with E-state index in [1.807, 2.05) is 26.0 Å². The lowest BCUT2D eigenvalue weighted by molar-refractivity contribution is -0.137. The zero-order valence-corrected chi connectivity index (χ0v) is 17.7. The number of nitrogens with zero attached hydrogens (tertiary/aromatic N) is 1. The number of aryl methyl sites for hydroxylation is 1. The van der Waals surface area contributed by atoms with Crippen molar-refractivity contribution in [3.05, 3.63) is 70.8 Å². The number of hydrogen-bond acceptors (Lipinski definition) is 2. The van der Waals surface area contributed by atoms with Gasteiger partial charge < -0.3 is 10.2 Å². The molecule has 0 bridgehead atoms. The van der Waals surface area contributed by atoms with E-state index in [2.05, 4.69) is 5.32 Å². The molecule has 1 heterocycles. The summed E-state index contributed by atoms with van der Waals surface area (Å²) in [4.78, 5) is 27.4. The summed E-state index contributed by atoms with van der Waals surface area (Å²) in [6.07, 6.45) is -2.73. The molecule has 166 valence electrons. The number of likely N-dealkylation sites (tertiary alicyclic amines) is 1. The maximum Gasteiger partial charge on any atom is 0.416 e. The lowest BCUT2D eigenvalue weighted by Crippen LogP contribution is -2.36. The molecule has 0 unspecified atom stereocenters. The van der Waals surface area contributed by atoms with Gasteiger partial charge in [0.25, 0.3) is 5.91 Å². The number of hydrogen-bond donors (Lipinski definition) is 1. The van der Waals surface area contributed by atoms with E-state index in [-0.39, 0.29) is 24.9 Å². The number of unbranched alkanes of at least 4 members (excludes halogenated alkanes) is 1. The Kier molecular flexibility index (Phi) is 7.03. The Morgan fingerprint density at radius 3 is 2.45 bits per heavy atom. The molecule has 0 saturated carbocycles. The van der Waals surface area contributed by atoms with E-state index in [9.17, 15) is 22.8 Å². The van der Waals surface area contributed by atoms with Crippen LogP contribution in [0.4, 0.5) is 13.2 Å². The van der Waals surface area contributed by atoms with Gasteiger partial charge >= 0.3 is 6.18 Å². The lowest BCUT2D eigenvalue weighted by Gasteiger charge is -2.19. The highest BCUT2D eigenvalue weighted by atomic mass is 19.4. The van der Waals surface area contributed by atoms with E-state index in [4.69, 9.17) is 0 Å². The van der Waals surface area contributed by atoms with Crippen LogP contribution in [0.1, 0.15) is 52.7 Å². The molecule has 2 amide bonds. The van der Waals surface area contributed by atoms with Crippen LogP contribution < -0.4 is 5.32 Å². The van der Waals surface area contributed by atoms with Crippen molar-refractivity contribution in [3.63, 3.8) is 0 Å². The summed E-state index contributed by atoms with van der Waals surface area (Å²) in [6.45, 7) is 4.80. The zero-order valence-electron chi connectivity index (χ0n) is 17.7. The molecule has 1 N–H and O–H groups in total. The maximum atomic E-state index is 13.2. The van der Waals surface area contributed by atoms with Crippen LogP contribution in [0.2, 0.25) is 0 Å². The predicted octanol–water partition coefficient (Wildman–Crippen LogP) is 4.79. The van der Waals surface area contributed by atoms with Gasteiger partial charge in [-0.2, -0.15) is 13.2 Å². The molecule has 0 spiro atoms. The highest BCUT2D eigenvalue weighted by molar-refractivity contribution is 5.95. The lowest BCUT2D eigenvalue weighted by atomic mass is 9.87. The van der Waals surface area contributed by atoms with Crippen LogP contribution in [0.5, 0.6) is 0 Å². The topological polar surface area (TPSA) is 49.4 Å². The van der Waals surface area contributed by atoms with Crippen LogP contribution >= 0.6 is 0 Å². The number of rotatable bonds is 6. The molecule has 1 fully saturated rings. The van der Waals surface area contributed by atoms with Gasteiger partial charge in [0.15, 0.2) is 0 Å². The molecule has 3 rings (SSSR count). The molecular weight excluding hydrogens is 405 g/mol. The molecule has 2 aromatic carbocycles. The Labute approximate surface area is 180 Å². The standard InChI is InChI=1S/C24H27F3N2O2/c1-3-4-12-28-22(30)21-15-29(23(31)17-10-8-16(2)9-11-17)14-20(21)18-6-5-7-19(13-18)24(25,26)27/h5-11,13,20-21H,3-4,12,14-15H2,1-2H3,(H,28,30)/t20-,21-/m0/s1. The Hall–Kier alpha value is -2.83. The first-order chi connectivity index (χ1) is 14.7. The predicted molar refractivity (Wildman–Crippen MR) is 113 cm³/mol. The van der Waals surface area contributed by atoms with Crippen LogP contribution in [0, 0.1) is 12.8 Å². The second-order valence-electron chi connectivity index (χ2n) is 8.06. The molecule has 1 aliphatic heterocycles. The number of carbonyl (C=O) groups excluding carboxylic acids is 2. The third-order valence-corrected chi connectivity index (χ3v) is 5.71. The van der Waals surface area contributed by atoms with Crippen molar-refractivity contribution in [3.8, 4) is 0 Å². The van der Waals surface area contributed by atoms with Gasteiger partial charge in [0.05, 0.1) is 11.5 Å². The van der Waals surface area contributed by atoms with E-state index in [1.165, 1.54) is 6.07 Å². The van der Waals surface area contributed by atoms with Crippen molar-refractivity contribution in [2.45, 2.75) is 38.8 Å². The number of carbonyl (C=O) groups is 2.